The van der Waals surface area contributed by atoms with Crippen LogP contribution in [0, 0.1) is 0 Å². The van der Waals surface area contributed by atoms with E-state index in [9.17, 15) is 30.6 Å². The maximum Gasteiger partial charge on any atom is 0.187 e. The third-order valence-electron chi connectivity index (χ3n) is 4.19. The molecule has 0 saturated carbocycles. The quantitative estimate of drug-likeness (QED) is 0.251. The second kappa shape index (κ2) is 8.29. The molecule has 2 heterocycles. The van der Waals surface area contributed by atoms with Crippen LogP contribution in [0.1, 0.15) is 0 Å². The predicted molar refractivity (Wildman–Crippen MR) is 73.4 cm³/mol. The van der Waals surface area contributed by atoms with Gasteiger partial charge in [-0.2, -0.15) is 0 Å². The van der Waals surface area contributed by atoms with E-state index in [1.54, 1.807) is 0 Å². The first-order valence-electron chi connectivity index (χ1n) is 7.46. The van der Waals surface area contributed by atoms with Crippen LogP contribution in [-0.2, 0) is 18.9 Å². The molecule has 2 saturated heterocycles. The van der Waals surface area contributed by atoms with Crippen LogP contribution in [0.3, 0.4) is 0 Å². The van der Waals surface area contributed by atoms with Crippen LogP contribution < -0.4 is 0 Å². The average molecular weight is 356 g/mol. The Hall–Kier alpha value is -0.440. The summed E-state index contributed by atoms with van der Waals surface area (Å²) in [6, 6.07) is 0. The summed E-state index contributed by atoms with van der Waals surface area (Å²) in [5, 5.41) is 68.1. The van der Waals surface area contributed by atoms with Crippen molar-refractivity contribution in [2.75, 3.05) is 20.3 Å². The summed E-state index contributed by atoms with van der Waals surface area (Å²) >= 11 is 0. The number of aliphatic hydroxyl groups excluding tert-OH is 7. The molecule has 0 aliphatic carbocycles. The lowest BCUT2D eigenvalue weighted by atomic mass is 9.97. The molecular weight excluding hydrogens is 332 g/mol. The molecule has 0 spiro atoms. The Balaban J connectivity index is 2.14. The minimum absolute atomic E-state index is 0.581. The van der Waals surface area contributed by atoms with Gasteiger partial charge in [-0.25, -0.2) is 0 Å². The van der Waals surface area contributed by atoms with Crippen molar-refractivity contribution in [2.45, 2.75) is 61.4 Å². The van der Waals surface area contributed by atoms with E-state index in [4.69, 9.17) is 24.1 Å². The van der Waals surface area contributed by atoms with Gasteiger partial charge in [0.15, 0.2) is 12.6 Å². The minimum atomic E-state index is -1.70. The number of hydrogen-bond acceptors (Lipinski definition) is 11. The zero-order valence-electron chi connectivity index (χ0n) is 13.0. The first-order chi connectivity index (χ1) is 11.3. The van der Waals surface area contributed by atoms with Gasteiger partial charge in [0.1, 0.15) is 48.8 Å². The number of rotatable bonds is 5. The summed E-state index contributed by atoms with van der Waals surface area (Å²) < 4.78 is 20.6. The lowest BCUT2D eigenvalue weighted by Crippen LogP contribution is -2.64. The van der Waals surface area contributed by atoms with Gasteiger partial charge in [-0.05, 0) is 0 Å². The largest absolute Gasteiger partial charge is 0.394 e. The van der Waals surface area contributed by atoms with E-state index in [-0.39, 0.29) is 0 Å². The fraction of sp³-hybridized carbons (Fsp3) is 1.00. The Kier molecular flexibility index (Phi) is 6.87. The molecular formula is C13H24O11. The van der Waals surface area contributed by atoms with Crippen LogP contribution >= 0.6 is 0 Å². The van der Waals surface area contributed by atoms with E-state index >= 15 is 0 Å². The van der Waals surface area contributed by atoms with Crippen molar-refractivity contribution in [2.24, 2.45) is 0 Å². The Morgan fingerprint density at radius 1 is 0.708 bits per heavy atom. The van der Waals surface area contributed by atoms with Crippen molar-refractivity contribution in [3.63, 3.8) is 0 Å². The molecule has 0 aromatic heterocycles. The summed E-state index contributed by atoms with van der Waals surface area (Å²) in [7, 11) is 1.24. The Morgan fingerprint density at radius 2 is 1.25 bits per heavy atom. The van der Waals surface area contributed by atoms with Crippen molar-refractivity contribution >= 4 is 0 Å². The van der Waals surface area contributed by atoms with Gasteiger partial charge in [0.05, 0.1) is 13.2 Å². The van der Waals surface area contributed by atoms with E-state index in [0.29, 0.717) is 0 Å². The van der Waals surface area contributed by atoms with Crippen molar-refractivity contribution in [3.05, 3.63) is 0 Å². The van der Waals surface area contributed by atoms with Crippen molar-refractivity contribution in [3.8, 4) is 0 Å². The van der Waals surface area contributed by atoms with Crippen molar-refractivity contribution < 1.29 is 54.7 Å². The van der Waals surface area contributed by atoms with Crippen LogP contribution in [0.15, 0.2) is 0 Å². The monoisotopic (exact) mass is 356 g/mol. The van der Waals surface area contributed by atoms with Crippen LogP contribution in [0.2, 0.25) is 0 Å². The molecule has 2 fully saturated rings. The van der Waals surface area contributed by atoms with Gasteiger partial charge in [0, 0.05) is 7.11 Å². The standard InChI is InChI=1S/C13H24O11/c1-21-12-10(20)11(7(17)5(3-15)22-12)24-13-9(19)8(18)6(16)4(2-14)23-13/h4-20H,2-3H2,1H3/t4-,5-,6+,7-,8+,9-,10-,11+,12-,13-/m1/s1. The average Bonchev–Trinajstić information content (AvgIpc) is 2.58. The highest BCUT2D eigenvalue weighted by Crippen LogP contribution is 2.29. The molecule has 7 N–H and O–H groups in total. The molecule has 0 amide bonds. The Bertz CT molecular complexity index is 378. The van der Waals surface area contributed by atoms with Crippen LogP contribution in [-0.4, -0.2) is 117 Å². The first-order valence-corrected chi connectivity index (χ1v) is 7.46. The van der Waals surface area contributed by atoms with Gasteiger partial charge >= 0.3 is 0 Å². The van der Waals surface area contributed by atoms with Gasteiger partial charge in [-0.3, -0.25) is 0 Å². The third kappa shape index (κ3) is 3.71. The Morgan fingerprint density at radius 3 is 1.79 bits per heavy atom. The van der Waals surface area contributed by atoms with Crippen LogP contribution in [0.25, 0.3) is 0 Å². The number of ether oxygens (including phenoxy) is 4. The second-order valence-corrected chi connectivity index (χ2v) is 5.74. The molecule has 0 aromatic carbocycles. The van der Waals surface area contributed by atoms with Crippen LogP contribution in [0.5, 0.6) is 0 Å². The third-order valence-corrected chi connectivity index (χ3v) is 4.19. The number of methoxy groups -OCH3 is 1. The van der Waals surface area contributed by atoms with Gasteiger partial charge in [-0.1, -0.05) is 0 Å². The van der Waals surface area contributed by atoms with E-state index < -0.39 is 74.6 Å². The molecule has 10 atom stereocenters. The normalized spacial score (nSPS) is 50.0. The first kappa shape index (κ1) is 19.9. The number of hydrogen-bond donors (Lipinski definition) is 7. The highest BCUT2D eigenvalue weighted by molar-refractivity contribution is 4.93. The molecule has 11 heteroatoms. The molecule has 0 aromatic rings. The topological polar surface area (TPSA) is 179 Å². The summed E-state index contributed by atoms with van der Waals surface area (Å²) in [5.74, 6) is 0. The predicted octanol–water partition coefficient (Wildman–Crippen LogP) is -4.74. The molecule has 11 nitrogen and oxygen atoms in total. The molecule has 0 radical (unpaired) electrons. The SMILES string of the molecule is CO[C@@H]1O[C@H](CO)[C@@H](O)[C@H](O[C@H]2O[C@H](CO)[C@H](O)[C@H](O)[C@H]2O)[C@H]1O. The molecule has 0 unspecified atom stereocenters. The molecule has 24 heavy (non-hydrogen) atoms. The van der Waals surface area contributed by atoms with E-state index in [0.717, 1.165) is 0 Å². The Labute approximate surface area is 137 Å². The summed E-state index contributed by atoms with van der Waals surface area (Å²) in [6.45, 7) is -1.23. The van der Waals surface area contributed by atoms with Gasteiger partial charge in [-0.15, -0.1) is 0 Å². The van der Waals surface area contributed by atoms with Crippen molar-refractivity contribution in [1.29, 1.82) is 0 Å². The lowest BCUT2D eigenvalue weighted by Gasteiger charge is -2.45. The fourth-order valence-electron chi connectivity index (χ4n) is 2.74. The molecule has 2 rings (SSSR count). The summed E-state index contributed by atoms with van der Waals surface area (Å²) in [4.78, 5) is 0. The van der Waals surface area contributed by atoms with E-state index in [1.165, 1.54) is 7.11 Å². The highest BCUT2D eigenvalue weighted by Gasteiger charge is 2.50. The lowest BCUT2D eigenvalue weighted by molar-refractivity contribution is -0.358. The maximum atomic E-state index is 10.2. The van der Waals surface area contributed by atoms with Gasteiger partial charge in [0.2, 0.25) is 0 Å². The number of aliphatic hydroxyl groups is 7. The minimum Gasteiger partial charge on any atom is -0.394 e. The summed E-state index contributed by atoms with van der Waals surface area (Å²) in [5.41, 5.74) is 0. The summed E-state index contributed by atoms with van der Waals surface area (Å²) in [6.07, 6.45) is -14.4. The zero-order chi connectivity index (χ0) is 18.0. The van der Waals surface area contributed by atoms with Gasteiger partial charge in [0.25, 0.3) is 0 Å². The molecule has 2 aliphatic heterocycles. The molecule has 142 valence electrons. The molecule has 2 aliphatic rings. The fourth-order valence-corrected chi connectivity index (χ4v) is 2.74. The van der Waals surface area contributed by atoms with E-state index in [2.05, 4.69) is 0 Å². The zero-order valence-corrected chi connectivity index (χ0v) is 13.0. The second-order valence-electron chi connectivity index (χ2n) is 5.74. The van der Waals surface area contributed by atoms with E-state index in [1.807, 2.05) is 0 Å². The maximum absolute atomic E-state index is 10.2. The van der Waals surface area contributed by atoms with Gasteiger partial charge < -0.3 is 54.7 Å². The molecule has 0 bridgehead atoms. The highest BCUT2D eigenvalue weighted by atomic mass is 16.7. The smallest absolute Gasteiger partial charge is 0.187 e. The van der Waals surface area contributed by atoms with Crippen molar-refractivity contribution in [1.82, 2.24) is 0 Å². The van der Waals surface area contributed by atoms with Crippen LogP contribution in [0.4, 0.5) is 0 Å².